The summed E-state index contributed by atoms with van der Waals surface area (Å²) in [6, 6.07) is 12.0. The average molecular weight is 328 g/mol. The van der Waals surface area contributed by atoms with Crippen LogP contribution in [0.1, 0.15) is 29.1 Å². The monoisotopic (exact) mass is 327 g/mol. The van der Waals surface area contributed by atoms with Crippen LogP contribution in [0, 0.1) is 0 Å². The van der Waals surface area contributed by atoms with Crippen molar-refractivity contribution in [3.8, 4) is 0 Å². The maximum Gasteiger partial charge on any atom is 0.263 e. The number of pyridine rings is 2. The Balaban J connectivity index is 2.05. The van der Waals surface area contributed by atoms with Gasteiger partial charge in [-0.05, 0) is 43.3 Å². The van der Waals surface area contributed by atoms with Crippen LogP contribution in [-0.4, -0.2) is 15.9 Å². The van der Waals surface area contributed by atoms with E-state index in [1.807, 2.05) is 19.1 Å². The van der Waals surface area contributed by atoms with Gasteiger partial charge in [0.15, 0.2) is 0 Å². The molecule has 6 heteroatoms. The molecule has 0 aromatic carbocycles. The zero-order chi connectivity index (χ0) is 16.2. The number of amides is 1. The predicted molar refractivity (Wildman–Crippen MR) is 87.4 cm³/mol. The fourth-order valence-electron chi connectivity index (χ4n) is 2.31. The quantitative estimate of drug-likeness (QED) is 0.676. The fraction of sp³-hybridized carbons (Fsp3) is 0.118. The lowest BCUT2D eigenvalue weighted by molar-refractivity contribution is 0.0974. The molecule has 0 radical (unpaired) electrons. The SMILES string of the molecule is CC(c1ccco1)N(C(=O)c1cccnc1Cl)c1ccccn1. The van der Waals surface area contributed by atoms with E-state index in [2.05, 4.69) is 9.97 Å². The summed E-state index contributed by atoms with van der Waals surface area (Å²) in [4.78, 5) is 22.8. The first-order valence-electron chi connectivity index (χ1n) is 7.07. The molecule has 3 rings (SSSR count). The Morgan fingerprint density at radius 2 is 1.96 bits per heavy atom. The molecule has 0 fully saturated rings. The maximum absolute atomic E-state index is 13.0. The van der Waals surface area contributed by atoms with Crippen LogP contribution in [-0.2, 0) is 0 Å². The van der Waals surface area contributed by atoms with E-state index in [-0.39, 0.29) is 17.1 Å². The van der Waals surface area contributed by atoms with E-state index in [9.17, 15) is 4.79 Å². The van der Waals surface area contributed by atoms with Crippen molar-refractivity contribution >= 4 is 23.3 Å². The second kappa shape index (κ2) is 6.62. The number of halogens is 1. The molecule has 1 atom stereocenters. The van der Waals surface area contributed by atoms with Crippen LogP contribution < -0.4 is 4.90 Å². The molecule has 0 aliphatic carbocycles. The van der Waals surface area contributed by atoms with Gasteiger partial charge in [-0.15, -0.1) is 0 Å². The lowest BCUT2D eigenvalue weighted by Gasteiger charge is -2.27. The number of hydrogen-bond acceptors (Lipinski definition) is 4. The Morgan fingerprint density at radius 3 is 2.61 bits per heavy atom. The van der Waals surface area contributed by atoms with Gasteiger partial charge in [0.25, 0.3) is 5.91 Å². The third kappa shape index (κ3) is 3.10. The lowest BCUT2D eigenvalue weighted by Crippen LogP contribution is -2.34. The van der Waals surface area contributed by atoms with E-state index < -0.39 is 0 Å². The lowest BCUT2D eigenvalue weighted by atomic mass is 10.1. The highest BCUT2D eigenvalue weighted by Gasteiger charge is 2.28. The summed E-state index contributed by atoms with van der Waals surface area (Å²) in [5, 5.41) is 0.157. The van der Waals surface area contributed by atoms with Gasteiger partial charge in [-0.3, -0.25) is 9.69 Å². The topological polar surface area (TPSA) is 59.2 Å². The van der Waals surface area contributed by atoms with Crippen molar-refractivity contribution in [1.29, 1.82) is 0 Å². The molecule has 1 unspecified atom stereocenters. The van der Waals surface area contributed by atoms with Gasteiger partial charge in [-0.2, -0.15) is 0 Å². The molecule has 3 heterocycles. The van der Waals surface area contributed by atoms with Gasteiger partial charge in [0.2, 0.25) is 0 Å². The fourth-order valence-corrected chi connectivity index (χ4v) is 2.51. The van der Waals surface area contributed by atoms with Gasteiger partial charge in [-0.25, -0.2) is 9.97 Å². The molecular formula is C17H14ClN3O2. The van der Waals surface area contributed by atoms with E-state index in [1.165, 1.54) is 0 Å². The number of aromatic nitrogens is 2. The molecule has 3 aromatic rings. The molecule has 0 saturated heterocycles. The van der Waals surface area contributed by atoms with Crippen LogP contribution in [0.4, 0.5) is 5.82 Å². The molecule has 3 aromatic heterocycles. The normalized spacial score (nSPS) is 11.9. The molecular weight excluding hydrogens is 314 g/mol. The van der Waals surface area contributed by atoms with Crippen molar-refractivity contribution in [2.75, 3.05) is 4.90 Å². The summed E-state index contributed by atoms with van der Waals surface area (Å²) >= 11 is 6.08. The number of rotatable bonds is 4. The summed E-state index contributed by atoms with van der Waals surface area (Å²) in [5.74, 6) is 0.885. The van der Waals surface area contributed by atoms with E-state index >= 15 is 0 Å². The van der Waals surface area contributed by atoms with E-state index in [1.54, 1.807) is 53.9 Å². The highest BCUT2D eigenvalue weighted by Crippen LogP contribution is 2.28. The number of nitrogens with zero attached hydrogens (tertiary/aromatic N) is 3. The van der Waals surface area contributed by atoms with Crippen LogP contribution in [0.15, 0.2) is 65.5 Å². The van der Waals surface area contributed by atoms with E-state index in [0.29, 0.717) is 17.1 Å². The van der Waals surface area contributed by atoms with Crippen molar-refractivity contribution in [1.82, 2.24) is 9.97 Å². The Labute approximate surface area is 138 Å². The molecule has 23 heavy (non-hydrogen) atoms. The zero-order valence-corrected chi connectivity index (χ0v) is 13.1. The summed E-state index contributed by atoms with van der Waals surface area (Å²) in [5.41, 5.74) is 0.318. The van der Waals surface area contributed by atoms with Gasteiger partial charge in [-0.1, -0.05) is 17.7 Å². The molecule has 0 bridgehead atoms. The standard InChI is InChI=1S/C17H14ClN3O2/c1-12(14-7-5-11-23-14)21(15-8-2-3-9-19-15)17(22)13-6-4-10-20-16(13)18/h2-12H,1H3. The van der Waals surface area contributed by atoms with E-state index in [4.69, 9.17) is 16.0 Å². The summed E-state index contributed by atoms with van der Waals surface area (Å²) < 4.78 is 5.44. The van der Waals surface area contributed by atoms with Crippen molar-refractivity contribution in [3.63, 3.8) is 0 Å². The second-order valence-corrected chi connectivity index (χ2v) is 5.25. The zero-order valence-electron chi connectivity index (χ0n) is 12.4. The second-order valence-electron chi connectivity index (χ2n) is 4.90. The highest BCUT2D eigenvalue weighted by molar-refractivity contribution is 6.33. The Morgan fingerprint density at radius 1 is 1.13 bits per heavy atom. The summed E-state index contributed by atoms with van der Waals surface area (Å²) in [7, 11) is 0. The molecule has 0 N–H and O–H groups in total. The van der Waals surface area contributed by atoms with Gasteiger partial charge >= 0.3 is 0 Å². The first-order chi connectivity index (χ1) is 11.2. The molecule has 116 valence electrons. The number of hydrogen-bond donors (Lipinski definition) is 0. The van der Waals surface area contributed by atoms with Gasteiger partial charge in [0.05, 0.1) is 17.9 Å². The van der Waals surface area contributed by atoms with Gasteiger partial charge < -0.3 is 4.42 Å². The van der Waals surface area contributed by atoms with Crippen LogP contribution in [0.3, 0.4) is 0 Å². The number of anilines is 1. The van der Waals surface area contributed by atoms with Crippen molar-refractivity contribution in [3.05, 3.63) is 77.6 Å². The average Bonchev–Trinajstić information content (AvgIpc) is 3.11. The van der Waals surface area contributed by atoms with Crippen LogP contribution in [0.2, 0.25) is 5.15 Å². The van der Waals surface area contributed by atoms with Crippen molar-refractivity contribution < 1.29 is 9.21 Å². The minimum atomic E-state index is -0.344. The third-order valence-electron chi connectivity index (χ3n) is 3.45. The Bertz CT molecular complexity index is 791. The van der Waals surface area contributed by atoms with Crippen LogP contribution in [0.25, 0.3) is 0 Å². The Hall–Kier alpha value is -2.66. The van der Waals surface area contributed by atoms with Gasteiger partial charge in [0.1, 0.15) is 16.7 Å². The number of carbonyl (C=O) groups is 1. The first kappa shape index (κ1) is 15.2. The summed E-state index contributed by atoms with van der Waals surface area (Å²) in [6.07, 6.45) is 4.75. The summed E-state index contributed by atoms with van der Waals surface area (Å²) in [6.45, 7) is 1.87. The molecule has 5 nitrogen and oxygen atoms in total. The third-order valence-corrected chi connectivity index (χ3v) is 3.75. The minimum Gasteiger partial charge on any atom is -0.467 e. The minimum absolute atomic E-state index is 0.157. The Kier molecular flexibility index (Phi) is 4.39. The molecule has 0 aliphatic rings. The van der Waals surface area contributed by atoms with E-state index in [0.717, 1.165) is 0 Å². The number of furan rings is 1. The van der Waals surface area contributed by atoms with Crippen LogP contribution in [0.5, 0.6) is 0 Å². The maximum atomic E-state index is 13.0. The highest BCUT2D eigenvalue weighted by atomic mass is 35.5. The molecule has 1 amide bonds. The van der Waals surface area contributed by atoms with Crippen molar-refractivity contribution in [2.45, 2.75) is 13.0 Å². The van der Waals surface area contributed by atoms with Crippen LogP contribution >= 0.6 is 11.6 Å². The first-order valence-corrected chi connectivity index (χ1v) is 7.45. The smallest absolute Gasteiger partial charge is 0.263 e. The number of carbonyl (C=O) groups excluding carboxylic acids is 1. The molecule has 0 aliphatic heterocycles. The van der Waals surface area contributed by atoms with Crippen molar-refractivity contribution in [2.24, 2.45) is 0 Å². The molecule has 0 saturated carbocycles. The van der Waals surface area contributed by atoms with Gasteiger partial charge in [0, 0.05) is 12.4 Å². The predicted octanol–water partition coefficient (Wildman–Crippen LogP) is 4.13. The molecule has 0 spiro atoms. The largest absolute Gasteiger partial charge is 0.467 e.